The third kappa shape index (κ3) is 7.25. The van der Waals surface area contributed by atoms with Crippen LogP contribution >= 0.6 is 0 Å². The molecule has 0 aliphatic heterocycles. The molecule has 140 valence electrons. The number of nitrogens with two attached hydrogens (primary N) is 1. The molecule has 2 amide bonds. The quantitative estimate of drug-likeness (QED) is 0.444. The molecular weight excluding hydrogens is 385 g/mol. The monoisotopic (exact) mass is 404 g/mol. The average Bonchev–Trinajstić information content (AvgIpc) is 3.18. The summed E-state index contributed by atoms with van der Waals surface area (Å²) in [6.07, 6.45) is 5.24. The molecule has 0 bridgehead atoms. The molecule has 0 aliphatic carbocycles. The molecular formula is C19H19KN5O3-. The second-order valence-electron chi connectivity index (χ2n) is 6.43. The van der Waals surface area contributed by atoms with Crippen molar-refractivity contribution < 1.29 is 65.5 Å². The number of aromatic nitrogens is 3. The predicted octanol–water partition coefficient (Wildman–Crippen LogP) is -0.596. The van der Waals surface area contributed by atoms with Crippen molar-refractivity contribution in [2.24, 2.45) is 5.73 Å². The Hall–Kier alpha value is -1.91. The van der Waals surface area contributed by atoms with Crippen LogP contribution in [-0.2, 0) is 5.41 Å². The van der Waals surface area contributed by atoms with E-state index in [0.717, 1.165) is 5.76 Å². The molecule has 2 heterocycles. The summed E-state index contributed by atoms with van der Waals surface area (Å²) in [6.45, 7) is 6.21. The normalized spacial score (nSPS) is 10.1. The van der Waals surface area contributed by atoms with Gasteiger partial charge < -0.3 is 15.6 Å². The van der Waals surface area contributed by atoms with E-state index in [1.165, 1.54) is 12.4 Å². The van der Waals surface area contributed by atoms with Crippen molar-refractivity contribution in [3.8, 4) is 0 Å². The first-order valence-corrected chi connectivity index (χ1v) is 8.00. The van der Waals surface area contributed by atoms with Crippen LogP contribution in [-0.4, -0.2) is 26.9 Å². The van der Waals surface area contributed by atoms with Gasteiger partial charge in [0.25, 0.3) is 11.8 Å². The molecule has 0 saturated heterocycles. The average molecular weight is 404 g/mol. The van der Waals surface area contributed by atoms with Crippen LogP contribution in [0.4, 0.5) is 5.69 Å². The Balaban J connectivity index is 0.000000332. The van der Waals surface area contributed by atoms with Crippen molar-refractivity contribution in [2.75, 3.05) is 5.32 Å². The van der Waals surface area contributed by atoms with Crippen molar-refractivity contribution in [1.82, 2.24) is 15.1 Å². The van der Waals surface area contributed by atoms with E-state index >= 15 is 0 Å². The van der Waals surface area contributed by atoms with Gasteiger partial charge in [-0.3, -0.25) is 9.59 Å². The number of nitrogens with one attached hydrogen (secondary N) is 1. The van der Waals surface area contributed by atoms with Crippen LogP contribution in [0.25, 0.3) is 0 Å². The van der Waals surface area contributed by atoms with Gasteiger partial charge in [-0.05, 0) is 11.2 Å². The Bertz CT molecular complexity index is 893. The number of carbonyl (C=O) groups is 2. The maximum absolute atomic E-state index is 11.9. The van der Waals surface area contributed by atoms with E-state index in [0.29, 0.717) is 5.69 Å². The minimum absolute atomic E-state index is 0. The summed E-state index contributed by atoms with van der Waals surface area (Å²) in [7, 11) is 0. The zero-order valence-corrected chi connectivity index (χ0v) is 19.3. The van der Waals surface area contributed by atoms with Crippen LogP contribution in [0.3, 0.4) is 0 Å². The van der Waals surface area contributed by atoms with Crippen molar-refractivity contribution in [3.63, 3.8) is 0 Å². The summed E-state index contributed by atoms with van der Waals surface area (Å²) in [4.78, 5) is 30.6. The summed E-state index contributed by atoms with van der Waals surface area (Å²) >= 11 is 0. The van der Waals surface area contributed by atoms with Gasteiger partial charge in [0.1, 0.15) is 0 Å². The molecule has 1 aromatic carbocycles. The number of amides is 2. The standard InChI is InChI=1S/C12H9N4O2.C7H10NO.K/c13-11(17)9-10(15-7-6-14-9)12(18)16-8-4-2-1-3-5-8;1-7(2,3)6-4-5-8-9-6;/h2-7H,(H2,13,17)(H,16,18);4H,1-3H3;/q2*-1;+1. The van der Waals surface area contributed by atoms with Crippen LogP contribution in [0.1, 0.15) is 47.5 Å². The molecule has 28 heavy (non-hydrogen) atoms. The van der Waals surface area contributed by atoms with Gasteiger partial charge in [0, 0.05) is 12.4 Å². The fourth-order valence-corrected chi connectivity index (χ4v) is 1.89. The Kier molecular flexibility index (Phi) is 9.63. The molecule has 8 nitrogen and oxygen atoms in total. The topological polar surface area (TPSA) is 124 Å². The number of nitrogens with zero attached hydrogens (tertiary/aromatic N) is 3. The van der Waals surface area contributed by atoms with Crippen molar-refractivity contribution in [1.29, 1.82) is 0 Å². The third-order valence-corrected chi connectivity index (χ3v) is 3.25. The Morgan fingerprint density at radius 2 is 1.71 bits per heavy atom. The molecule has 2 aromatic heterocycles. The van der Waals surface area contributed by atoms with E-state index in [1.54, 1.807) is 30.3 Å². The molecule has 0 saturated carbocycles. The molecule has 3 aromatic rings. The van der Waals surface area contributed by atoms with Gasteiger partial charge in [0.2, 0.25) is 0 Å². The van der Waals surface area contributed by atoms with Crippen molar-refractivity contribution >= 4 is 17.5 Å². The van der Waals surface area contributed by atoms with E-state index in [4.69, 9.17) is 10.3 Å². The zero-order valence-electron chi connectivity index (χ0n) is 16.2. The molecule has 0 unspecified atom stereocenters. The molecule has 0 atom stereocenters. The van der Waals surface area contributed by atoms with Gasteiger partial charge in [-0.15, -0.1) is 18.3 Å². The van der Waals surface area contributed by atoms with Gasteiger partial charge in [0.15, 0.2) is 11.4 Å². The SMILES string of the molecule is CC(C)(C)c1c[c-]no1.NC(=O)c1nccnc1C(=O)Nc1cc[c-]cc1.[K+]. The number of hydrogen-bond acceptors (Lipinski definition) is 6. The molecule has 0 aliphatic rings. The molecule has 3 rings (SSSR count). The van der Waals surface area contributed by atoms with Crippen LogP contribution in [0.15, 0.2) is 47.2 Å². The van der Waals surface area contributed by atoms with Gasteiger partial charge in [-0.2, -0.15) is 24.3 Å². The number of benzene rings is 1. The number of rotatable bonds is 3. The number of hydrogen-bond donors (Lipinski definition) is 2. The molecule has 0 fully saturated rings. The number of anilines is 1. The maximum Gasteiger partial charge on any atom is 1.00 e. The second-order valence-corrected chi connectivity index (χ2v) is 6.43. The first-order valence-electron chi connectivity index (χ1n) is 8.00. The molecule has 0 spiro atoms. The molecule has 3 N–H and O–H groups in total. The summed E-state index contributed by atoms with van der Waals surface area (Å²) < 4.78 is 4.89. The van der Waals surface area contributed by atoms with E-state index in [-0.39, 0.29) is 68.2 Å². The maximum atomic E-state index is 11.9. The largest absolute Gasteiger partial charge is 1.00 e. The number of primary amides is 1. The van der Waals surface area contributed by atoms with E-state index in [1.807, 2.05) is 0 Å². The first kappa shape index (κ1) is 24.1. The smallest absolute Gasteiger partial charge is 0.470 e. The summed E-state index contributed by atoms with van der Waals surface area (Å²) in [5.74, 6) is -0.458. The second kappa shape index (κ2) is 11.2. The van der Waals surface area contributed by atoms with Gasteiger partial charge in [0.05, 0.1) is 0 Å². The van der Waals surface area contributed by atoms with Crippen LogP contribution in [0.2, 0.25) is 0 Å². The molecule has 9 heteroatoms. The van der Waals surface area contributed by atoms with Crippen LogP contribution < -0.4 is 62.4 Å². The van der Waals surface area contributed by atoms with E-state index in [9.17, 15) is 9.59 Å². The minimum Gasteiger partial charge on any atom is -0.470 e. The Morgan fingerprint density at radius 3 is 2.18 bits per heavy atom. The van der Waals surface area contributed by atoms with Crippen LogP contribution in [0, 0.1) is 12.3 Å². The van der Waals surface area contributed by atoms with Crippen LogP contribution in [0.5, 0.6) is 0 Å². The van der Waals surface area contributed by atoms with E-state index < -0.39 is 11.8 Å². The first-order chi connectivity index (χ1) is 12.8. The zero-order chi connectivity index (χ0) is 19.9. The Morgan fingerprint density at radius 1 is 1.11 bits per heavy atom. The summed E-state index contributed by atoms with van der Waals surface area (Å²) in [6, 6.07) is 11.2. The van der Waals surface area contributed by atoms with E-state index in [2.05, 4.69) is 53.5 Å². The van der Waals surface area contributed by atoms with Gasteiger partial charge in [-0.1, -0.05) is 26.5 Å². The Labute approximate surface area is 205 Å². The fraction of sp³-hybridized carbons (Fsp3) is 0.211. The minimum atomic E-state index is -0.797. The van der Waals surface area contributed by atoms with Crippen molar-refractivity contribution in [2.45, 2.75) is 26.2 Å². The number of carbonyl (C=O) groups excluding carboxylic acids is 2. The predicted molar refractivity (Wildman–Crippen MR) is 97.8 cm³/mol. The fourth-order valence-electron chi connectivity index (χ4n) is 1.89. The summed E-state index contributed by atoms with van der Waals surface area (Å²) in [5.41, 5.74) is 5.50. The molecule has 0 radical (unpaired) electrons. The summed E-state index contributed by atoms with van der Waals surface area (Å²) in [5, 5.41) is 6.07. The van der Waals surface area contributed by atoms with Crippen molar-refractivity contribution in [3.05, 3.63) is 72.1 Å². The van der Waals surface area contributed by atoms with Gasteiger partial charge >= 0.3 is 51.4 Å². The third-order valence-electron chi connectivity index (χ3n) is 3.25. The van der Waals surface area contributed by atoms with Gasteiger partial charge in [-0.25, -0.2) is 15.1 Å².